The Bertz CT molecular complexity index is 925. The van der Waals surface area contributed by atoms with Crippen LogP contribution in [0.1, 0.15) is 31.9 Å². The molecule has 2 rings (SSSR count). The van der Waals surface area contributed by atoms with Crippen molar-refractivity contribution in [3.8, 4) is 5.75 Å². The van der Waals surface area contributed by atoms with Crippen LogP contribution in [0, 0.1) is 0 Å². The summed E-state index contributed by atoms with van der Waals surface area (Å²) in [6.45, 7) is 5.64. The first-order valence-electron chi connectivity index (χ1n) is 9.78. The zero-order chi connectivity index (χ0) is 22.2. The third-order valence-electron chi connectivity index (χ3n) is 4.37. The van der Waals surface area contributed by atoms with Crippen LogP contribution in [0.2, 0.25) is 5.02 Å². The van der Waals surface area contributed by atoms with E-state index in [4.69, 9.17) is 21.1 Å². The van der Waals surface area contributed by atoms with E-state index in [9.17, 15) is 13.2 Å². The summed E-state index contributed by atoms with van der Waals surface area (Å²) in [6.07, 6.45) is 0.969. The Hall–Kier alpha value is -2.09. The Balaban J connectivity index is 1.80. The summed E-state index contributed by atoms with van der Waals surface area (Å²) in [5.74, 6) is 0.132. The molecule has 8 heteroatoms. The Labute approximate surface area is 183 Å². The van der Waals surface area contributed by atoms with Gasteiger partial charge in [-0.2, -0.15) is 0 Å². The standard InChI is InChI=1S/C22H28ClNO5S/c1-4-28-21(25)22(2,3)29-20-11-7-17(8-12-20)13-15-24-30(26,27)16-14-18-5-9-19(23)10-6-18/h5-12,24H,4,13-16H2,1-3H3. The number of halogens is 1. The molecule has 0 unspecified atom stereocenters. The molecule has 0 aliphatic heterocycles. The maximum absolute atomic E-state index is 12.2. The molecule has 0 aliphatic rings. The summed E-state index contributed by atoms with van der Waals surface area (Å²) >= 11 is 5.84. The molecule has 0 atom stereocenters. The number of rotatable bonds is 11. The molecule has 6 nitrogen and oxygen atoms in total. The van der Waals surface area contributed by atoms with Gasteiger partial charge in [0.15, 0.2) is 5.60 Å². The molecule has 0 aliphatic carbocycles. The van der Waals surface area contributed by atoms with E-state index >= 15 is 0 Å². The molecular formula is C22H28ClNO5S. The van der Waals surface area contributed by atoms with Crippen molar-refractivity contribution in [3.63, 3.8) is 0 Å². The summed E-state index contributed by atoms with van der Waals surface area (Å²) in [6, 6.07) is 14.3. The highest BCUT2D eigenvalue weighted by atomic mass is 35.5. The molecule has 0 bridgehead atoms. The molecule has 2 aromatic carbocycles. The smallest absolute Gasteiger partial charge is 0.349 e. The van der Waals surface area contributed by atoms with Crippen LogP contribution in [0.5, 0.6) is 5.75 Å². The number of sulfonamides is 1. The highest BCUT2D eigenvalue weighted by molar-refractivity contribution is 7.89. The lowest BCUT2D eigenvalue weighted by Gasteiger charge is -2.24. The molecule has 0 fully saturated rings. The van der Waals surface area contributed by atoms with E-state index in [2.05, 4.69) is 4.72 Å². The van der Waals surface area contributed by atoms with Gasteiger partial charge in [0, 0.05) is 11.6 Å². The van der Waals surface area contributed by atoms with Gasteiger partial charge in [0.25, 0.3) is 0 Å². The summed E-state index contributed by atoms with van der Waals surface area (Å²) in [5.41, 5.74) is 0.792. The van der Waals surface area contributed by atoms with Crippen LogP contribution < -0.4 is 9.46 Å². The molecule has 164 valence electrons. The summed E-state index contributed by atoms with van der Waals surface area (Å²) in [7, 11) is -3.37. The number of carbonyl (C=O) groups excluding carboxylic acids is 1. The predicted octanol–water partition coefficient (Wildman–Crippen LogP) is 3.77. The highest BCUT2D eigenvalue weighted by Gasteiger charge is 2.31. The van der Waals surface area contributed by atoms with Gasteiger partial charge in [-0.3, -0.25) is 0 Å². The second-order valence-corrected chi connectivity index (χ2v) is 9.68. The predicted molar refractivity (Wildman–Crippen MR) is 118 cm³/mol. The molecule has 0 saturated heterocycles. The van der Waals surface area contributed by atoms with Gasteiger partial charge < -0.3 is 9.47 Å². The summed E-state index contributed by atoms with van der Waals surface area (Å²) in [4.78, 5) is 11.9. The Morgan fingerprint density at radius 2 is 1.57 bits per heavy atom. The Kier molecular flexibility index (Phi) is 8.70. The van der Waals surface area contributed by atoms with Crippen LogP contribution >= 0.6 is 11.6 Å². The van der Waals surface area contributed by atoms with Gasteiger partial charge in [-0.15, -0.1) is 0 Å². The van der Waals surface area contributed by atoms with Crippen molar-refractivity contribution in [2.45, 2.75) is 39.2 Å². The fourth-order valence-electron chi connectivity index (χ4n) is 2.69. The van der Waals surface area contributed by atoms with E-state index in [0.717, 1.165) is 11.1 Å². The van der Waals surface area contributed by atoms with Crippen LogP contribution in [0.3, 0.4) is 0 Å². The van der Waals surface area contributed by atoms with Gasteiger partial charge in [0.2, 0.25) is 10.0 Å². The second-order valence-electron chi connectivity index (χ2n) is 7.32. The van der Waals surface area contributed by atoms with Crippen LogP contribution in [-0.4, -0.2) is 38.9 Å². The average Bonchev–Trinajstić information content (AvgIpc) is 2.69. The van der Waals surface area contributed by atoms with E-state index in [1.165, 1.54) is 0 Å². The van der Waals surface area contributed by atoms with Crippen LogP contribution in [0.15, 0.2) is 48.5 Å². The van der Waals surface area contributed by atoms with Crippen molar-refractivity contribution < 1.29 is 22.7 Å². The number of esters is 1. The van der Waals surface area contributed by atoms with Gasteiger partial charge in [-0.05, 0) is 69.0 Å². The van der Waals surface area contributed by atoms with E-state index in [1.807, 2.05) is 24.3 Å². The number of hydrogen-bond acceptors (Lipinski definition) is 5. The molecule has 0 radical (unpaired) electrons. The second kappa shape index (κ2) is 10.8. The van der Waals surface area contributed by atoms with Gasteiger partial charge in [-0.25, -0.2) is 17.9 Å². The molecular weight excluding hydrogens is 426 g/mol. The van der Waals surface area contributed by atoms with Gasteiger partial charge in [-0.1, -0.05) is 35.9 Å². The van der Waals surface area contributed by atoms with Gasteiger partial charge in [0.1, 0.15) is 5.75 Å². The van der Waals surface area contributed by atoms with Gasteiger partial charge in [0.05, 0.1) is 12.4 Å². The average molecular weight is 454 g/mol. The Morgan fingerprint density at radius 3 is 2.17 bits per heavy atom. The largest absolute Gasteiger partial charge is 0.476 e. The number of aryl methyl sites for hydroxylation is 1. The van der Waals surface area contributed by atoms with E-state index in [0.29, 0.717) is 36.8 Å². The van der Waals surface area contributed by atoms with Crippen molar-refractivity contribution in [2.75, 3.05) is 18.9 Å². The lowest BCUT2D eigenvalue weighted by molar-refractivity contribution is -0.158. The van der Waals surface area contributed by atoms with Crippen molar-refractivity contribution in [2.24, 2.45) is 0 Å². The van der Waals surface area contributed by atoms with Crippen LogP contribution in [0.4, 0.5) is 0 Å². The van der Waals surface area contributed by atoms with Crippen molar-refractivity contribution in [1.29, 1.82) is 0 Å². The van der Waals surface area contributed by atoms with E-state index in [-0.39, 0.29) is 5.75 Å². The van der Waals surface area contributed by atoms with Crippen LogP contribution in [0.25, 0.3) is 0 Å². The molecule has 2 aromatic rings. The molecule has 0 heterocycles. The minimum Gasteiger partial charge on any atom is -0.476 e. The number of carbonyl (C=O) groups is 1. The maximum atomic E-state index is 12.2. The van der Waals surface area contributed by atoms with Crippen molar-refractivity contribution in [3.05, 3.63) is 64.7 Å². The highest BCUT2D eigenvalue weighted by Crippen LogP contribution is 2.20. The quantitative estimate of drug-likeness (QED) is 0.524. The number of benzene rings is 2. The topological polar surface area (TPSA) is 81.7 Å². The van der Waals surface area contributed by atoms with E-state index < -0.39 is 21.6 Å². The maximum Gasteiger partial charge on any atom is 0.349 e. The summed E-state index contributed by atoms with van der Waals surface area (Å²) < 4.78 is 37.7. The van der Waals surface area contributed by atoms with Crippen LogP contribution in [-0.2, 0) is 32.4 Å². The normalized spacial score (nSPS) is 11.9. The van der Waals surface area contributed by atoms with E-state index in [1.54, 1.807) is 45.0 Å². The number of ether oxygens (including phenoxy) is 2. The first kappa shape index (κ1) is 24.2. The first-order chi connectivity index (χ1) is 14.1. The first-order valence-corrected chi connectivity index (χ1v) is 11.8. The molecule has 0 saturated carbocycles. The van der Waals surface area contributed by atoms with Crippen molar-refractivity contribution >= 4 is 27.6 Å². The van der Waals surface area contributed by atoms with Crippen molar-refractivity contribution in [1.82, 2.24) is 4.72 Å². The summed E-state index contributed by atoms with van der Waals surface area (Å²) in [5, 5.41) is 0.626. The molecule has 0 aromatic heterocycles. The third-order valence-corrected chi connectivity index (χ3v) is 6.01. The molecule has 0 spiro atoms. The van der Waals surface area contributed by atoms with Gasteiger partial charge >= 0.3 is 5.97 Å². The SMILES string of the molecule is CCOC(=O)C(C)(C)Oc1ccc(CCNS(=O)(=O)CCc2ccc(Cl)cc2)cc1. The molecule has 1 N–H and O–H groups in total. The zero-order valence-electron chi connectivity index (χ0n) is 17.5. The minimum absolute atomic E-state index is 0.0182. The molecule has 30 heavy (non-hydrogen) atoms. The minimum atomic E-state index is -3.37. The number of hydrogen-bond donors (Lipinski definition) is 1. The Morgan fingerprint density at radius 1 is 1.00 bits per heavy atom. The monoisotopic (exact) mass is 453 g/mol. The molecule has 0 amide bonds. The lowest BCUT2D eigenvalue weighted by Crippen LogP contribution is -2.39. The zero-order valence-corrected chi connectivity index (χ0v) is 19.1. The lowest BCUT2D eigenvalue weighted by atomic mass is 10.1. The fraction of sp³-hybridized carbons (Fsp3) is 0.409. The fourth-order valence-corrected chi connectivity index (χ4v) is 3.88. The number of nitrogens with one attached hydrogen (secondary N) is 1. The third kappa shape index (κ3) is 7.97.